The van der Waals surface area contributed by atoms with Gasteiger partial charge < -0.3 is 9.84 Å². The first kappa shape index (κ1) is 14.1. The van der Waals surface area contributed by atoms with Gasteiger partial charge in [0, 0.05) is 17.2 Å². The maximum absolute atomic E-state index is 12.1. The SMILES string of the molecule is CC(C)CO/C=C/C(=O)C1=C(O)c2ccccc2C1=O. The molecule has 104 valence electrons. The summed E-state index contributed by atoms with van der Waals surface area (Å²) in [7, 11) is 0. The maximum atomic E-state index is 12.1. The van der Waals surface area contributed by atoms with Crippen molar-refractivity contribution < 1.29 is 19.4 Å². The van der Waals surface area contributed by atoms with Gasteiger partial charge in [-0.1, -0.05) is 38.1 Å². The predicted molar refractivity (Wildman–Crippen MR) is 75.3 cm³/mol. The van der Waals surface area contributed by atoms with Gasteiger partial charge in [0.1, 0.15) is 11.3 Å². The lowest BCUT2D eigenvalue weighted by molar-refractivity contribution is -0.111. The zero-order valence-electron chi connectivity index (χ0n) is 11.4. The molecule has 0 unspecified atom stereocenters. The summed E-state index contributed by atoms with van der Waals surface area (Å²) in [5, 5.41) is 9.99. The molecule has 0 bridgehead atoms. The Hall–Kier alpha value is -2.36. The monoisotopic (exact) mass is 272 g/mol. The van der Waals surface area contributed by atoms with E-state index >= 15 is 0 Å². The lowest BCUT2D eigenvalue weighted by atomic mass is 10.1. The van der Waals surface area contributed by atoms with E-state index in [-0.39, 0.29) is 11.3 Å². The number of aliphatic hydroxyl groups excluding tert-OH is 1. The molecule has 0 fully saturated rings. The molecule has 0 spiro atoms. The zero-order chi connectivity index (χ0) is 14.7. The summed E-state index contributed by atoms with van der Waals surface area (Å²) in [6.07, 6.45) is 2.43. The van der Waals surface area contributed by atoms with E-state index in [0.29, 0.717) is 23.7 Å². The highest BCUT2D eigenvalue weighted by atomic mass is 16.5. The van der Waals surface area contributed by atoms with Crippen LogP contribution in [0.25, 0.3) is 5.76 Å². The van der Waals surface area contributed by atoms with Crippen molar-refractivity contribution in [2.45, 2.75) is 13.8 Å². The highest BCUT2D eigenvalue weighted by Crippen LogP contribution is 2.31. The van der Waals surface area contributed by atoms with Crippen molar-refractivity contribution in [2.75, 3.05) is 6.61 Å². The fraction of sp³-hybridized carbons (Fsp3) is 0.250. The highest BCUT2D eigenvalue weighted by molar-refractivity contribution is 6.36. The minimum atomic E-state index is -0.549. The molecule has 0 amide bonds. The van der Waals surface area contributed by atoms with Crippen LogP contribution < -0.4 is 0 Å². The smallest absolute Gasteiger partial charge is 0.201 e. The van der Waals surface area contributed by atoms with Gasteiger partial charge in [0.25, 0.3) is 0 Å². The number of allylic oxidation sites excluding steroid dienone is 2. The van der Waals surface area contributed by atoms with Crippen LogP contribution in [0, 0.1) is 5.92 Å². The maximum Gasteiger partial charge on any atom is 0.201 e. The molecule has 1 aliphatic carbocycles. The van der Waals surface area contributed by atoms with E-state index in [1.54, 1.807) is 24.3 Å². The molecule has 0 saturated carbocycles. The average Bonchev–Trinajstić information content (AvgIpc) is 2.67. The van der Waals surface area contributed by atoms with Crippen molar-refractivity contribution in [1.29, 1.82) is 0 Å². The third kappa shape index (κ3) is 2.64. The molecule has 4 heteroatoms. The second-order valence-electron chi connectivity index (χ2n) is 4.99. The van der Waals surface area contributed by atoms with E-state index < -0.39 is 11.6 Å². The molecular formula is C16H16O4. The fourth-order valence-corrected chi connectivity index (χ4v) is 1.93. The minimum absolute atomic E-state index is 0.199. The molecule has 0 aromatic heterocycles. The third-order valence-electron chi connectivity index (χ3n) is 2.88. The molecule has 0 saturated heterocycles. The molecule has 0 heterocycles. The molecule has 4 nitrogen and oxygen atoms in total. The molecule has 0 aliphatic heterocycles. The molecule has 20 heavy (non-hydrogen) atoms. The van der Waals surface area contributed by atoms with Crippen molar-refractivity contribution >= 4 is 17.3 Å². The van der Waals surface area contributed by atoms with Gasteiger partial charge in [0.15, 0.2) is 5.78 Å². The number of aliphatic hydroxyl groups is 1. The average molecular weight is 272 g/mol. The predicted octanol–water partition coefficient (Wildman–Crippen LogP) is 2.91. The van der Waals surface area contributed by atoms with E-state index in [9.17, 15) is 14.7 Å². The summed E-state index contributed by atoms with van der Waals surface area (Å²) >= 11 is 0. The van der Waals surface area contributed by atoms with Crippen molar-refractivity contribution in [3.8, 4) is 0 Å². The van der Waals surface area contributed by atoms with E-state index in [1.165, 1.54) is 6.26 Å². The first-order valence-corrected chi connectivity index (χ1v) is 6.42. The number of fused-ring (bicyclic) bond motifs is 1. The van der Waals surface area contributed by atoms with Crippen molar-refractivity contribution in [3.63, 3.8) is 0 Å². The number of ether oxygens (including phenoxy) is 1. The zero-order valence-corrected chi connectivity index (χ0v) is 11.4. The number of hydrogen-bond acceptors (Lipinski definition) is 4. The van der Waals surface area contributed by atoms with Crippen LogP contribution in [0.15, 0.2) is 42.2 Å². The van der Waals surface area contributed by atoms with E-state index in [2.05, 4.69) is 0 Å². The van der Waals surface area contributed by atoms with Crippen molar-refractivity contribution in [2.24, 2.45) is 5.92 Å². The lowest BCUT2D eigenvalue weighted by Crippen LogP contribution is -2.08. The molecular weight excluding hydrogens is 256 g/mol. The third-order valence-corrected chi connectivity index (χ3v) is 2.88. The van der Waals surface area contributed by atoms with Crippen LogP contribution in [-0.4, -0.2) is 23.3 Å². The van der Waals surface area contributed by atoms with Crippen LogP contribution in [0.4, 0.5) is 0 Å². The normalized spacial score (nSPS) is 14.2. The van der Waals surface area contributed by atoms with Crippen LogP contribution in [0.2, 0.25) is 0 Å². The van der Waals surface area contributed by atoms with Gasteiger partial charge in [-0.15, -0.1) is 0 Å². The van der Waals surface area contributed by atoms with Crippen LogP contribution in [-0.2, 0) is 9.53 Å². The van der Waals surface area contributed by atoms with Crippen molar-refractivity contribution in [3.05, 3.63) is 53.3 Å². The van der Waals surface area contributed by atoms with Crippen LogP contribution in [0.1, 0.15) is 29.8 Å². The fourth-order valence-electron chi connectivity index (χ4n) is 1.93. The van der Waals surface area contributed by atoms with Gasteiger partial charge >= 0.3 is 0 Å². The van der Waals surface area contributed by atoms with Gasteiger partial charge in [-0.25, -0.2) is 0 Å². The highest BCUT2D eigenvalue weighted by Gasteiger charge is 2.32. The molecule has 2 rings (SSSR count). The Bertz CT molecular complexity index is 609. The van der Waals surface area contributed by atoms with Crippen LogP contribution >= 0.6 is 0 Å². The second-order valence-corrected chi connectivity index (χ2v) is 4.99. The lowest BCUT2D eigenvalue weighted by Gasteiger charge is -2.02. The number of Topliss-reactive ketones (excluding diaryl/α,β-unsaturated/α-hetero) is 1. The Kier molecular flexibility index (Phi) is 4.03. The second kappa shape index (κ2) is 5.74. The van der Waals surface area contributed by atoms with Gasteiger partial charge in [-0.05, 0) is 5.92 Å². The van der Waals surface area contributed by atoms with Gasteiger partial charge in [0.2, 0.25) is 5.78 Å². The summed E-state index contributed by atoms with van der Waals surface area (Å²) in [5.41, 5.74) is 0.554. The number of benzene rings is 1. The van der Waals surface area contributed by atoms with E-state index in [4.69, 9.17) is 4.74 Å². The number of carbonyl (C=O) groups excluding carboxylic acids is 2. The number of hydrogen-bond donors (Lipinski definition) is 1. The summed E-state index contributed by atoms with van der Waals surface area (Å²) in [5.74, 6) is -0.909. The standard InChI is InChI=1S/C16H16O4/c1-10(2)9-20-8-7-13(17)14-15(18)11-5-3-4-6-12(11)16(14)19/h3-8,10,18H,9H2,1-2H3/b8-7+. The minimum Gasteiger partial charge on any atom is -0.506 e. The summed E-state index contributed by atoms with van der Waals surface area (Å²) in [6.45, 7) is 4.46. The quantitative estimate of drug-likeness (QED) is 0.508. The van der Waals surface area contributed by atoms with Crippen LogP contribution in [0.3, 0.4) is 0 Å². The Morgan fingerprint density at radius 1 is 1.30 bits per heavy atom. The Morgan fingerprint density at radius 2 is 1.95 bits per heavy atom. The molecule has 1 N–H and O–H groups in total. The Labute approximate surface area is 117 Å². The first-order chi connectivity index (χ1) is 9.52. The summed E-state index contributed by atoms with van der Waals surface area (Å²) in [4.78, 5) is 24.0. The van der Waals surface area contributed by atoms with Gasteiger partial charge in [-0.2, -0.15) is 0 Å². The molecule has 1 aromatic rings. The van der Waals surface area contributed by atoms with E-state index in [1.807, 2.05) is 13.8 Å². The topological polar surface area (TPSA) is 63.6 Å². The Balaban J connectivity index is 2.16. The number of ketones is 2. The molecule has 1 aliphatic rings. The van der Waals surface area contributed by atoms with Gasteiger partial charge in [-0.3, -0.25) is 9.59 Å². The first-order valence-electron chi connectivity index (χ1n) is 6.42. The number of carbonyl (C=O) groups is 2. The largest absolute Gasteiger partial charge is 0.506 e. The summed E-state index contributed by atoms with van der Waals surface area (Å²) < 4.78 is 5.16. The van der Waals surface area contributed by atoms with Crippen LogP contribution in [0.5, 0.6) is 0 Å². The Morgan fingerprint density at radius 3 is 2.55 bits per heavy atom. The van der Waals surface area contributed by atoms with Gasteiger partial charge in [0.05, 0.1) is 12.9 Å². The van der Waals surface area contributed by atoms with E-state index in [0.717, 1.165) is 6.08 Å². The summed E-state index contributed by atoms with van der Waals surface area (Å²) in [6, 6.07) is 6.60. The number of rotatable bonds is 5. The molecule has 1 aromatic carbocycles. The molecule has 0 radical (unpaired) electrons. The molecule has 0 atom stereocenters. The van der Waals surface area contributed by atoms with Crippen molar-refractivity contribution in [1.82, 2.24) is 0 Å².